The maximum atomic E-state index is 13.6. The van der Waals surface area contributed by atoms with Gasteiger partial charge in [0.2, 0.25) is 0 Å². The molecule has 1 aliphatic carbocycles. The van der Waals surface area contributed by atoms with E-state index >= 15 is 0 Å². The summed E-state index contributed by atoms with van der Waals surface area (Å²) >= 11 is 0. The van der Waals surface area contributed by atoms with Crippen LogP contribution in [0.25, 0.3) is 5.69 Å². The zero-order chi connectivity index (χ0) is 27.1. The SMILES string of the molecule is CNCOCCCOc1ccccc1C(C)(C)Nc1nccn(-c2cc(C(=O)NC3CC3)ccc2C)c1=O. The van der Waals surface area contributed by atoms with Crippen molar-refractivity contribution in [2.45, 2.75) is 51.6 Å². The second kappa shape index (κ2) is 12.2. The van der Waals surface area contributed by atoms with Crippen LogP contribution < -0.4 is 26.2 Å². The molecule has 0 spiro atoms. The third kappa shape index (κ3) is 6.79. The highest BCUT2D eigenvalue weighted by Crippen LogP contribution is 2.32. The van der Waals surface area contributed by atoms with Crippen LogP contribution in [0.1, 0.15) is 54.6 Å². The van der Waals surface area contributed by atoms with Gasteiger partial charge in [-0.2, -0.15) is 0 Å². The van der Waals surface area contributed by atoms with Crippen molar-refractivity contribution in [2.75, 3.05) is 32.3 Å². The minimum atomic E-state index is -0.661. The van der Waals surface area contributed by atoms with Crippen molar-refractivity contribution in [3.8, 4) is 11.4 Å². The number of amides is 1. The van der Waals surface area contributed by atoms with Gasteiger partial charge < -0.3 is 20.1 Å². The number of nitrogens with zero attached hydrogens (tertiary/aromatic N) is 2. The number of carbonyl (C=O) groups is 1. The van der Waals surface area contributed by atoms with Gasteiger partial charge in [-0.05, 0) is 64.4 Å². The van der Waals surface area contributed by atoms with Gasteiger partial charge in [0.15, 0.2) is 5.82 Å². The summed E-state index contributed by atoms with van der Waals surface area (Å²) in [6, 6.07) is 13.4. The Morgan fingerprint density at radius 1 is 1.16 bits per heavy atom. The average Bonchev–Trinajstić information content (AvgIpc) is 3.72. The molecule has 9 heteroatoms. The summed E-state index contributed by atoms with van der Waals surface area (Å²) in [5.41, 5.74) is 1.99. The number of aryl methyl sites for hydroxylation is 1. The fourth-order valence-electron chi connectivity index (χ4n) is 4.18. The van der Waals surface area contributed by atoms with Gasteiger partial charge in [-0.15, -0.1) is 0 Å². The van der Waals surface area contributed by atoms with E-state index in [2.05, 4.69) is 20.9 Å². The number of hydrogen-bond donors (Lipinski definition) is 3. The minimum Gasteiger partial charge on any atom is -0.493 e. The molecular weight excluding hydrogens is 482 g/mol. The fraction of sp³-hybridized carbons (Fsp3) is 0.414. The number of hydrogen-bond acceptors (Lipinski definition) is 7. The van der Waals surface area contributed by atoms with E-state index in [9.17, 15) is 9.59 Å². The Labute approximate surface area is 223 Å². The molecule has 0 aliphatic heterocycles. The fourth-order valence-corrected chi connectivity index (χ4v) is 4.18. The van der Waals surface area contributed by atoms with E-state index in [0.717, 1.165) is 36.1 Å². The molecule has 0 radical (unpaired) electrons. The van der Waals surface area contributed by atoms with E-state index < -0.39 is 5.54 Å². The van der Waals surface area contributed by atoms with Crippen molar-refractivity contribution in [1.82, 2.24) is 20.2 Å². The average molecular weight is 520 g/mol. The Morgan fingerprint density at radius 3 is 2.71 bits per heavy atom. The van der Waals surface area contributed by atoms with Crippen LogP contribution in [0.15, 0.2) is 59.7 Å². The molecule has 0 unspecified atom stereocenters. The van der Waals surface area contributed by atoms with E-state index in [1.54, 1.807) is 24.5 Å². The third-order valence-electron chi connectivity index (χ3n) is 6.41. The number of ether oxygens (including phenoxy) is 2. The van der Waals surface area contributed by atoms with Crippen molar-refractivity contribution < 1.29 is 14.3 Å². The molecule has 0 bridgehead atoms. The number of benzene rings is 2. The summed E-state index contributed by atoms with van der Waals surface area (Å²) in [7, 11) is 1.84. The van der Waals surface area contributed by atoms with Gasteiger partial charge in [0, 0.05) is 36.0 Å². The van der Waals surface area contributed by atoms with Gasteiger partial charge in [-0.1, -0.05) is 24.3 Å². The first-order valence-corrected chi connectivity index (χ1v) is 13.0. The van der Waals surface area contributed by atoms with Gasteiger partial charge in [0.1, 0.15) is 5.75 Å². The Bertz CT molecular complexity index is 1320. The smallest absolute Gasteiger partial charge is 0.297 e. The van der Waals surface area contributed by atoms with Crippen LogP contribution in [0.4, 0.5) is 5.82 Å². The largest absolute Gasteiger partial charge is 0.493 e. The van der Waals surface area contributed by atoms with E-state index in [-0.39, 0.29) is 23.3 Å². The van der Waals surface area contributed by atoms with Crippen LogP contribution in [-0.2, 0) is 10.3 Å². The lowest BCUT2D eigenvalue weighted by atomic mass is 9.93. The molecule has 1 saturated carbocycles. The molecule has 1 amide bonds. The highest BCUT2D eigenvalue weighted by Gasteiger charge is 2.27. The molecule has 1 heterocycles. The molecule has 3 aromatic rings. The van der Waals surface area contributed by atoms with Gasteiger partial charge in [-0.25, -0.2) is 4.98 Å². The quantitative estimate of drug-likeness (QED) is 0.233. The first-order chi connectivity index (χ1) is 18.3. The second-order valence-electron chi connectivity index (χ2n) is 10.1. The maximum Gasteiger partial charge on any atom is 0.297 e. The second-order valence-corrected chi connectivity index (χ2v) is 10.1. The molecule has 1 fully saturated rings. The molecular formula is C29H37N5O4. The topological polar surface area (TPSA) is 107 Å². The minimum absolute atomic E-state index is 0.125. The molecule has 0 saturated heterocycles. The lowest BCUT2D eigenvalue weighted by Crippen LogP contribution is -2.34. The van der Waals surface area contributed by atoms with Crippen LogP contribution in [0.3, 0.4) is 0 Å². The molecule has 3 N–H and O–H groups in total. The van der Waals surface area contributed by atoms with E-state index in [0.29, 0.717) is 31.2 Å². The lowest BCUT2D eigenvalue weighted by molar-refractivity contribution is 0.0951. The first-order valence-electron chi connectivity index (χ1n) is 13.0. The summed E-state index contributed by atoms with van der Waals surface area (Å²) in [6.07, 6.45) is 5.99. The van der Waals surface area contributed by atoms with Crippen LogP contribution >= 0.6 is 0 Å². The predicted molar refractivity (Wildman–Crippen MR) is 148 cm³/mol. The lowest BCUT2D eigenvalue weighted by Gasteiger charge is -2.29. The van der Waals surface area contributed by atoms with Gasteiger partial charge in [0.25, 0.3) is 11.5 Å². The van der Waals surface area contributed by atoms with Crippen molar-refractivity contribution in [2.24, 2.45) is 0 Å². The Kier molecular flexibility index (Phi) is 8.81. The highest BCUT2D eigenvalue weighted by atomic mass is 16.5. The Balaban J connectivity index is 1.54. The number of nitrogens with one attached hydrogen (secondary N) is 3. The molecule has 4 rings (SSSR count). The van der Waals surface area contributed by atoms with Crippen LogP contribution in [-0.4, -0.2) is 48.5 Å². The van der Waals surface area contributed by atoms with Gasteiger partial charge >= 0.3 is 0 Å². The summed E-state index contributed by atoms with van der Waals surface area (Å²) in [5.74, 6) is 0.820. The van der Waals surface area contributed by atoms with Crippen molar-refractivity contribution in [3.63, 3.8) is 0 Å². The van der Waals surface area contributed by atoms with E-state index in [1.165, 1.54) is 4.57 Å². The van der Waals surface area contributed by atoms with E-state index in [4.69, 9.17) is 9.47 Å². The summed E-state index contributed by atoms with van der Waals surface area (Å²) < 4.78 is 13.0. The maximum absolute atomic E-state index is 13.6. The monoisotopic (exact) mass is 519 g/mol. The Morgan fingerprint density at radius 2 is 1.95 bits per heavy atom. The van der Waals surface area contributed by atoms with Gasteiger partial charge in [0.05, 0.1) is 31.2 Å². The normalized spacial score (nSPS) is 13.3. The zero-order valence-electron chi connectivity index (χ0n) is 22.5. The summed E-state index contributed by atoms with van der Waals surface area (Å²) in [5, 5.41) is 9.27. The highest BCUT2D eigenvalue weighted by molar-refractivity contribution is 5.95. The van der Waals surface area contributed by atoms with Crippen LogP contribution in [0.5, 0.6) is 5.75 Å². The van der Waals surface area contributed by atoms with Gasteiger partial charge in [-0.3, -0.25) is 19.5 Å². The molecule has 1 aromatic heterocycles. The van der Waals surface area contributed by atoms with Crippen molar-refractivity contribution in [1.29, 1.82) is 0 Å². The molecule has 0 atom stereocenters. The number of para-hydroxylation sites is 1. The third-order valence-corrected chi connectivity index (χ3v) is 6.41. The molecule has 2 aromatic carbocycles. The molecule has 1 aliphatic rings. The predicted octanol–water partition coefficient (Wildman–Crippen LogP) is 3.74. The van der Waals surface area contributed by atoms with Crippen molar-refractivity contribution >= 4 is 11.7 Å². The number of aromatic nitrogens is 2. The first kappa shape index (κ1) is 27.3. The number of carbonyl (C=O) groups excluding carboxylic acids is 1. The number of anilines is 1. The standard InChI is InChI=1S/C29H37N5O4/c1-20-10-11-21(27(35)32-22-12-13-22)18-24(20)34-15-14-31-26(28(34)36)33-29(2,3)23-8-5-6-9-25(23)38-17-7-16-37-19-30-4/h5-6,8-11,14-15,18,22,30H,7,12-13,16-17,19H2,1-4H3,(H,31,33)(H,32,35). The zero-order valence-corrected chi connectivity index (χ0v) is 22.5. The van der Waals surface area contributed by atoms with E-state index in [1.807, 2.05) is 58.2 Å². The summed E-state index contributed by atoms with van der Waals surface area (Å²) in [4.78, 5) is 30.5. The summed E-state index contributed by atoms with van der Waals surface area (Å²) in [6.45, 7) is 7.50. The Hall–Kier alpha value is -3.69. The molecule has 202 valence electrons. The molecule has 38 heavy (non-hydrogen) atoms. The molecule has 9 nitrogen and oxygen atoms in total. The van der Waals surface area contributed by atoms with Crippen LogP contribution in [0.2, 0.25) is 0 Å². The van der Waals surface area contributed by atoms with Crippen molar-refractivity contribution in [3.05, 3.63) is 81.9 Å². The van der Waals surface area contributed by atoms with Crippen LogP contribution in [0, 0.1) is 6.92 Å². The number of rotatable bonds is 13.